The smallest absolute Gasteiger partial charge is 0.291 e. The highest BCUT2D eigenvalue weighted by molar-refractivity contribution is 7.15. The van der Waals surface area contributed by atoms with Gasteiger partial charge < -0.3 is 18.9 Å². The summed E-state index contributed by atoms with van der Waals surface area (Å²) >= 11 is 1.28. The molecule has 176 valence electrons. The van der Waals surface area contributed by atoms with Crippen molar-refractivity contribution >= 4 is 22.4 Å². The molecule has 1 atom stereocenters. The van der Waals surface area contributed by atoms with Crippen molar-refractivity contribution in [1.82, 2.24) is 14.6 Å². The van der Waals surface area contributed by atoms with Gasteiger partial charge in [-0.1, -0.05) is 49.3 Å². The number of benzene rings is 2. The molecule has 8 nitrogen and oxygen atoms in total. The molecule has 4 aromatic rings. The summed E-state index contributed by atoms with van der Waals surface area (Å²) in [5, 5.41) is 4.40. The number of rotatable bonds is 8. The summed E-state index contributed by atoms with van der Waals surface area (Å²) in [5.41, 5.74) is 0.606. The van der Waals surface area contributed by atoms with Crippen LogP contribution in [0.25, 0.3) is 11.0 Å². The van der Waals surface area contributed by atoms with E-state index in [2.05, 4.69) is 17.0 Å². The number of ether oxygens (including phenoxy) is 4. The molecule has 0 aliphatic carbocycles. The van der Waals surface area contributed by atoms with E-state index in [1.54, 1.807) is 7.11 Å². The summed E-state index contributed by atoms with van der Waals surface area (Å²) in [6.07, 6.45) is 4.61. The zero-order valence-electron chi connectivity index (χ0n) is 19.0. The third-order valence-corrected chi connectivity index (χ3v) is 6.44. The summed E-state index contributed by atoms with van der Waals surface area (Å²) in [6.45, 7) is 3.09. The first-order valence-electron chi connectivity index (χ1n) is 11.3. The summed E-state index contributed by atoms with van der Waals surface area (Å²) < 4.78 is 24.9. The van der Waals surface area contributed by atoms with Crippen LogP contribution in [0.2, 0.25) is 0 Å². The van der Waals surface area contributed by atoms with Crippen LogP contribution in [0.4, 0.5) is 0 Å². The second kappa shape index (κ2) is 9.72. The molecule has 5 rings (SSSR count). The van der Waals surface area contributed by atoms with Crippen molar-refractivity contribution in [3.05, 3.63) is 68.7 Å². The summed E-state index contributed by atoms with van der Waals surface area (Å²) in [5.74, 6) is 3.08. The van der Waals surface area contributed by atoms with E-state index in [0.717, 1.165) is 24.8 Å². The van der Waals surface area contributed by atoms with Gasteiger partial charge in [0.2, 0.25) is 4.96 Å². The van der Waals surface area contributed by atoms with Gasteiger partial charge in [-0.15, -0.1) is 5.10 Å². The zero-order valence-corrected chi connectivity index (χ0v) is 19.8. The number of fused-ring (bicyclic) bond motifs is 2. The lowest BCUT2D eigenvalue weighted by Crippen LogP contribution is -2.26. The van der Waals surface area contributed by atoms with Gasteiger partial charge in [-0.25, -0.2) is 0 Å². The van der Waals surface area contributed by atoms with Crippen LogP contribution in [0.1, 0.15) is 43.7 Å². The molecule has 0 radical (unpaired) electrons. The van der Waals surface area contributed by atoms with Gasteiger partial charge in [-0.3, -0.25) is 4.79 Å². The number of nitrogens with zero attached hydrogens (tertiary/aromatic N) is 3. The van der Waals surface area contributed by atoms with Crippen LogP contribution in [0.15, 0.2) is 47.3 Å². The van der Waals surface area contributed by atoms with Gasteiger partial charge in [-0.05, 0) is 42.3 Å². The van der Waals surface area contributed by atoms with Crippen molar-refractivity contribution in [3.63, 3.8) is 0 Å². The standard InChI is InChI=1S/C25H25N3O5S/c1-3-4-7-12-31-18-11-10-16(13-20(18)30-2)14-22-24(29)28-25(34-22)26-23(27-28)21-15-32-17-8-5-6-9-19(17)33-21/h5-6,8-11,13-14,21H,3-4,7,12,15H2,1-2H3/b22-14+/t21-/m1/s1. The average Bonchev–Trinajstić information content (AvgIpc) is 3.41. The molecule has 0 saturated carbocycles. The maximum absolute atomic E-state index is 13.0. The molecule has 0 spiro atoms. The molecule has 0 amide bonds. The second-order valence-corrected chi connectivity index (χ2v) is 8.92. The quantitative estimate of drug-likeness (QED) is 0.356. The molecule has 0 unspecified atom stereocenters. The average molecular weight is 480 g/mol. The topological polar surface area (TPSA) is 84.2 Å². The Labute approximate surface area is 200 Å². The lowest BCUT2D eigenvalue weighted by Gasteiger charge is -2.24. The number of methoxy groups -OCH3 is 1. The molecule has 1 aliphatic rings. The van der Waals surface area contributed by atoms with Crippen molar-refractivity contribution in [2.45, 2.75) is 32.3 Å². The Balaban J connectivity index is 1.37. The van der Waals surface area contributed by atoms with Crippen molar-refractivity contribution in [2.75, 3.05) is 20.3 Å². The Morgan fingerprint density at radius 3 is 2.82 bits per heavy atom. The molecule has 0 N–H and O–H groups in total. The van der Waals surface area contributed by atoms with Crippen LogP contribution < -0.4 is 29.0 Å². The highest BCUT2D eigenvalue weighted by atomic mass is 32.1. The van der Waals surface area contributed by atoms with Crippen LogP contribution in [0, 0.1) is 0 Å². The predicted octanol–water partition coefficient (Wildman–Crippen LogP) is 3.79. The molecule has 0 fully saturated rings. The van der Waals surface area contributed by atoms with E-state index in [9.17, 15) is 4.79 Å². The number of aromatic nitrogens is 3. The first-order valence-corrected chi connectivity index (χ1v) is 12.1. The molecule has 1 aliphatic heterocycles. The molecule has 0 saturated heterocycles. The van der Waals surface area contributed by atoms with E-state index in [-0.39, 0.29) is 12.2 Å². The molecular weight excluding hydrogens is 454 g/mol. The minimum atomic E-state index is -0.469. The van der Waals surface area contributed by atoms with Crippen molar-refractivity contribution in [3.8, 4) is 23.0 Å². The maximum atomic E-state index is 13.0. The summed E-state index contributed by atoms with van der Waals surface area (Å²) in [7, 11) is 1.61. The Kier molecular flexibility index (Phi) is 6.35. The van der Waals surface area contributed by atoms with Crippen molar-refractivity contribution in [2.24, 2.45) is 0 Å². The van der Waals surface area contributed by atoms with Gasteiger partial charge in [0.1, 0.15) is 6.61 Å². The monoisotopic (exact) mass is 479 g/mol. The second-order valence-electron chi connectivity index (χ2n) is 7.91. The first-order chi connectivity index (χ1) is 16.7. The molecule has 34 heavy (non-hydrogen) atoms. The van der Waals surface area contributed by atoms with E-state index in [1.165, 1.54) is 15.9 Å². The molecule has 3 heterocycles. The summed E-state index contributed by atoms with van der Waals surface area (Å²) in [4.78, 5) is 18.0. The molecule has 2 aromatic carbocycles. The van der Waals surface area contributed by atoms with E-state index in [0.29, 0.717) is 44.9 Å². The first kappa shape index (κ1) is 22.2. The Hall–Kier alpha value is -3.59. The van der Waals surface area contributed by atoms with Crippen LogP contribution in [-0.4, -0.2) is 34.9 Å². The van der Waals surface area contributed by atoms with Gasteiger partial charge >= 0.3 is 0 Å². The van der Waals surface area contributed by atoms with E-state index in [1.807, 2.05) is 48.5 Å². The van der Waals surface area contributed by atoms with Crippen LogP contribution in [-0.2, 0) is 0 Å². The predicted molar refractivity (Wildman–Crippen MR) is 129 cm³/mol. The normalized spacial score (nSPS) is 15.6. The van der Waals surface area contributed by atoms with Gasteiger partial charge in [-0.2, -0.15) is 9.50 Å². The maximum Gasteiger partial charge on any atom is 0.291 e. The number of thiazole rings is 1. The largest absolute Gasteiger partial charge is 0.493 e. The van der Waals surface area contributed by atoms with Gasteiger partial charge in [0.05, 0.1) is 18.2 Å². The van der Waals surface area contributed by atoms with E-state index >= 15 is 0 Å². The Bertz CT molecular complexity index is 1410. The zero-order chi connectivity index (χ0) is 23.5. The number of hydrogen-bond acceptors (Lipinski definition) is 8. The van der Waals surface area contributed by atoms with Crippen LogP contribution in [0.5, 0.6) is 23.0 Å². The fourth-order valence-electron chi connectivity index (χ4n) is 3.71. The van der Waals surface area contributed by atoms with Crippen molar-refractivity contribution < 1.29 is 18.9 Å². The number of hydrogen-bond donors (Lipinski definition) is 0. The molecular formula is C25H25N3O5S. The van der Waals surface area contributed by atoms with Crippen LogP contribution in [0.3, 0.4) is 0 Å². The summed E-state index contributed by atoms with van der Waals surface area (Å²) in [6, 6.07) is 13.1. The minimum Gasteiger partial charge on any atom is -0.493 e. The third kappa shape index (κ3) is 4.43. The van der Waals surface area contributed by atoms with E-state index < -0.39 is 6.10 Å². The minimum absolute atomic E-state index is 0.227. The Morgan fingerprint density at radius 2 is 2.03 bits per heavy atom. The molecule has 0 bridgehead atoms. The van der Waals surface area contributed by atoms with Crippen molar-refractivity contribution in [1.29, 1.82) is 0 Å². The van der Waals surface area contributed by atoms with Gasteiger partial charge in [0.25, 0.3) is 5.56 Å². The van der Waals surface area contributed by atoms with E-state index in [4.69, 9.17) is 18.9 Å². The molecule has 2 aromatic heterocycles. The van der Waals surface area contributed by atoms with Gasteiger partial charge in [0.15, 0.2) is 34.9 Å². The fourth-order valence-corrected chi connectivity index (χ4v) is 4.63. The molecule has 9 heteroatoms. The number of unbranched alkanes of at least 4 members (excludes halogenated alkanes) is 2. The van der Waals surface area contributed by atoms with Crippen LogP contribution >= 0.6 is 11.3 Å². The Morgan fingerprint density at radius 1 is 1.18 bits per heavy atom. The highest BCUT2D eigenvalue weighted by Gasteiger charge is 2.27. The highest BCUT2D eigenvalue weighted by Crippen LogP contribution is 2.35. The fraction of sp³-hybridized carbons (Fsp3) is 0.320. The lowest BCUT2D eigenvalue weighted by atomic mass is 10.2. The lowest BCUT2D eigenvalue weighted by molar-refractivity contribution is 0.0852. The van der Waals surface area contributed by atoms with Gasteiger partial charge in [0, 0.05) is 0 Å². The third-order valence-electron chi connectivity index (χ3n) is 5.49. The number of para-hydroxylation sites is 2. The SMILES string of the molecule is CCCCCOc1ccc(/C=c2/sc3nc([C@H]4COc5ccccc5O4)nn3c2=O)cc1OC.